The van der Waals surface area contributed by atoms with Crippen LogP contribution in [0.3, 0.4) is 0 Å². The first-order chi connectivity index (χ1) is 15.8. The van der Waals surface area contributed by atoms with E-state index in [2.05, 4.69) is 16.0 Å². The third-order valence-electron chi connectivity index (χ3n) is 5.22. The van der Waals surface area contributed by atoms with Crippen LogP contribution in [0.5, 0.6) is 0 Å². The second kappa shape index (κ2) is 11.1. The standard InChI is InChI=1S/C27H29N3O3/c1-18-4-10-22(11-5-18)28-25(31)16-21(27(33)30-24-14-8-20(3)9-15-24)17-26(32)29-23-12-6-19(2)7-13-23/h4-15,21H,16-17H2,1-3H3,(H,28,31)(H,29,32)(H,30,33). The van der Waals surface area contributed by atoms with Crippen molar-refractivity contribution in [2.24, 2.45) is 5.92 Å². The van der Waals surface area contributed by atoms with E-state index < -0.39 is 5.92 Å². The van der Waals surface area contributed by atoms with Crippen molar-refractivity contribution in [2.45, 2.75) is 33.6 Å². The SMILES string of the molecule is Cc1ccc(NC(=O)CC(CC(=O)Nc2ccc(C)cc2)C(=O)Nc2ccc(C)cc2)cc1. The van der Waals surface area contributed by atoms with Crippen LogP contribution in [-0.4, -0.2) is 17.7 Å². The number of amides is 3. The number of anilines is 3. The van der Waals surface area contributed by atoms with E-state index in [1.165, 1.54) is 0 Å². The van der Waals surface area contributed by atoms with Crippen molar-refractivity contribution in [1.82, 2.24) is 0 Å². The van der Waals surface area contributed by atoms with Gasteiger partial charge in [-0.25, -0.2) is 0 Å². The van der Waals surface area contributed by atoms with Gasteiger partial charge in [-0.3, -0.25) is 14.4 Å². The van der Waals surface area contributed by atoms with Crippen LogP contribution in [0.15, 0.2) is 72.8 Å². The Hall–Kier alpha value is -3.93. The fourth-order valence-corrected chi connectivity index (χ4v) is 3.28. The highest BCUT2D eigenvalue weighted by atomic mass is 16.2. The molecule has 3 N–H and O–H groups in total. The van der Waals surface area contributed by atoms with E-state index >= 15 is 0 Å². The molecule has 0 saturated heterocycles. The zero-order chi connectivity index (χ0) is 23.8. The van der Waals surface area contributed by atoms with Crippen molar-refractivity contribution < 1.29 is 14.4 Å². The molecule has 0 radical (unpaired) electrons. The largest absolute Gasteiger partial charge is 0.326 e. The summed E-state index contributed by atoms with van der Waals surface area (Å²) in [6.07, 6.45) is -0.236. The maximum Gasteiger partial charge on any atom is 0.228 e. The second-order valence-corrected chi connectivity index (χ2v) is 8.29. The lowest BCUT2D eigenvalue weighted by molar-refractivity contribution is -0.127. The minimum absolute atomic E-state index is 0.118. The van der Waals surface area contributed by atoms with Gasteiger partial charge in [0.1, 0.15) is 0 Å². The molecule has 0 atom stereocenters. The summed E-state index contributed by atoms with van der Waals surface area (Å²) in [5.74, 6) is -1.86. The molecule has 3 aromatic carbocycles. The average Bonchev–Trinajstić information content (AvgIpc) is 2.78. The number of benzene rings is 3. The fourth-order valence-electron chi connectivity index (χ4n) is 3.28. The number of hydrogen-bond acceptors (Lipinski definition) is 3. The van der Waals surface area contributed by atoms with Gasteiger partial charge in [-0.15, -0.1) is 0 Å². The monoisotopic (exact) mass is 443 g/mol. The summed E-state index contributed by atoms with van der Waals surface area (Å²) in [5, 5.41) is 8.43. The van der Waals surface area contributed by atoms with Crippen LogP contribution in [0.1, 0.15) is 29.5 Å². The highest BCUT2D eigenvalue weighted by molar-refractivity contribution is 6.01. The van der Waals surface area contributed by atoms with Crippen molar-refractivity contribution in [3.8, 4) is 0 Å². The Morgan fingerprint density at radius 1 is 0.545 bits per heavy atom. The highest BCUT2D eigenvalue weighted by Gasteiger charge is 2.25. The Morgan fingerprint density at radius 3 is 1.18 bits per heavy atom. The van der Waals surface area contributed by atoms with Gasteiger partial charge in [0, 0.05) is 29.9 Å². The Kier molecular flexibility index (Phi) is 7.97. The highest BCUT2D eigenvalue weighted by Crippen LogP contribution is 2.18. The van der Waals surface area contributed by atoms with E-state index in [0.717, 1.165) is 16.7 Å². The molecule has 33 heavy (non-hydrogen) atoms. The van der Waals surface area contributed by atoms with Gasteiger partial charge >= 0.3 is 0 Å². The molecule has 0 aliphatic carbocycles. The summed E-state index contributed by atoms with van der Waals surface area (Å²) in [6, 6.07) is 22.2. The zero-order valence-corrected chi connectivity index (χ0v) is 19.1. The molecule has 0 aromatic heterocycles. The molecular weight excluding hydrogens is 414 g/mol. The van der Waals surface area contributed by atoms with Gasteiger partial charge in [-0.2, -0.15) is 0 Å². The molecule has 3 rings (SSSR count). The van der Waals surface area contributed by atoms with Crippen molar-refractivity contribution in [3.05, 3.63) is 89.5 Å². The lowest BCUT2D eigenvalue weighted by Gasteiger charge is -2.17. The normalized spacial score (nSPS) is 10.5. The van der Waals surface area contributed by atoms with Gasteiger partial charge in [0.15, 0.2) is 0 Å². The van der Waals surface area contributed by atoms with Crippen LogP contribution in [0.4, 0.5) is 17.1 Å². The van der Waals surface area contributed by atoms with Crippen LogP contribution in [0.2, 0.25) is 0 Å². The molecule has 3 amide bonds. The number of carbonyl (C=O) groups excluding carboxylic acids is 3. The lowest BCUT2D eigenvalue weighted by atomic mass is 9.98. The summed E-state index contributed by atoms with van der Waals surface area (Å²) in [4.78, 5) is 38.3. The first kappa shape index (κ1) is 23.7. The molecule has 0 unspecified atom stereocenters. The molecule has 0 spiro atoms. The second-order valence-electron chi connectivity index (χ2n) is 8.29. The minimum Gasteiger partial charge on any atom is -0.326 e. The van der Waals surface area contributed by atoms with Gasteiger partial charge in [-0.05, 0) is 57.2 Å². The predicted octanol–water partition coefficient (Wildman–Crippen LogP) is 5.22. The Labute approximate surface area is 194 Å². The van der Waals surface area contributed by atoms with Crippen LogP contribution >= 0.6 is 0 Å². The molecule has 170 valence electrons. The van der Waals surface area contributed by atoms with E-state index in [-0.39, 0.29) is 30.6 Å². The average molecular weight is 444 g/mol. The molecule has 0 saturated carbocycles. The minimum atomic E-state index is -0.831. The van der Waals surface area contributed by atoms with Crippen molar-refractivity contribution >= 4 is 34.8 Å². The van der Waals surface area contributed by atoms with Gasteiger partial charge < -0.3 is 16.0 Å². The first-order valence-corrected chi connectivity index (χ1v) is 10.9. The van der Waals surface area contributed by atoms with E-state index in [4.69, 9.17) is 0 Å². The lowest BCUT2D eigenvalue weighted by Crippen LogP contribution is -2.31. The third kappa shape index (κ3) is 7.61. The number of carbonyl (C=O) groups is 3. The Morgan fingerprint density at radius 2 is 0.848 bits per heavy atom. The summed E-state index contributed by atoms with van der Waals surface area (Å²) < 4.78 is 0. The molecular formula is C27H29N3O3. The number of aryl methyl sites for hydroxylation is 3. The smallest absolute Gasteiger partial charge is 0.228 e. The molecule has 0 aliphatic heterocycles. The van der Waals surface area contributed by atoms with Crippen molar-refractivity contribution in [3.63, 3.8) is 0 Å². The van der Waals surface area contributed by atoms with Crippen molar-refractivity contribution in [1.29, 1.82) is 0 Å². The van der Waals surface area contributed by atoms with E-state index in [0.29, 0.717) is 17.1 Å². The topological polar surface area (TPSA) is 87.3 Å². The molecule has 0 fully saturated rings. The molecule has 3 aromatic rings. The van der Waals surface area contributed by atoms with Crippen molar-refractivity contribution in [2.75, 3.05) is 16.0 Å². The van der Waals surface area contributed by atoms with Crippen LogP contribution in [0.25, 0.3) is 0 Å². The third-order valence-corrected chi connectivity index (χ3v) is 5.22. The molecule has 6 heteroatoms. The predicted molar refractivity (Wildman–Crippen MR) is 132 cm³/mol. The molecule has 6 nitrogen and oxygen atoms in total. The van der Waals surface area contributed by atoms with E-state index in [9.17, 15) is 14.4 Å². The summed E-state index contributed by atoms with van der Waals surface area (Å²) in [7, 11) is 0. The van der Waals surface area contributed by atoms with Gasteiger partial charge in [0.25, 0.3) is 0 Å². The summed E-state index contributed by atoms with van der Waals surface area (Å²) >= 11 is 0. The summed E-state index contributed by atoms with van der Waals surface area (Å²) in [5.41, 5.74) is 5.14. The van der Waals surface area contributed by atoms with Gasteiger partial charge in [0.2, 0.25) is 17.7 Å². The summed E-state index contributed by atoms with van der Waals surface area (Å²) in [6.45, 7) is 5.88. The fraction of sp³-hybridized carbons (Fsp3) is 0.222. The number of hydrogen-bond donors (Lipinski definition) is 3. The molecule has 0 aliphatic rings. The molecule has 0 heterocycles. The number of rotatable bonds is 8. The number of nitrogens with one attached hydrogen (secondary N) is 3. The van der Waals surface area contributed by atoms with E-state index in [1.807, 2.05) is 57.2 Å². The maximum absolute atomic E-state index is 13.0. The maximum atomic E-state index is 13.0. The Bertz CT molecular complexity index is 1040. The quantitative estimate of drug-likeness (QED) is 0.446. The molecule has 0 bridgehead atoms. The van der Waals surface area contributed by atoms with Crippen LogP contribution < -0.4 is 16.0 Å². The van der Waals surface area contributed by atoms with Crippen LogP contribution in [-0.2, 0) is 14.4 Å². The Balaban J connectivity index is 1.69. The van der Waals surface area contributed by atoms with Gasteiger partial charge in [-0.1, -0.05) is 53.1 Å². The van der Waals surface area contributed by atoms with E-state index in [1.54, 1.807) is 36.4 Å². The zero-order valence-electron chi connectivity index (χ0n) is 19.1. The first-order valence-electron chi connectivity index (χ1n) is 10.9. The van der Waals surface area contributed by atoms with Gasteiger partial charge in [0.05, 0.1) is 5.92 Å². The van der Waals surface area contributed by atoms with Crippen LogP contribution in [0, 0.1) is 26.7 Å².